The second-order valence-electron chi connectivity index (χ2n) is 8.59. The first kappa shape index (κ1) is 21.9. The fourth-order valence-corrected chi connectivity index (χ4v) is 4.32. The first-order valence-electron chi connectivity index (χ1n) is 11.3. The van der Waals surface area contributed by atoms with Crippen LogP contribution in [0.2, 0.25) is 0 Å². The second-order valence-corrected chi connectivity index (χ2v) is 8.59. The van der Waals surface area contributed by atoms with E-state index in [1.807, 2.05) is 41.3 Å². The van der Waals surface area contributed by atoms with Crippen molar-refractivity contribution >= 4 is 17.5 Å². The zero-order valence-electron chi connectivity index (χ0n) is 18.5. The molecule has 0 unspecified atom stereocenters. The van der Waals surface area contributed by atoms with E-state index in [0.29, 0.717) is 13.1 Å². The smallest absolute Gasteiger partial charge is 0.230 e. The van der Waals surface area contributed by atoms with E-state index in [0.717, 1.165) is 48.3 Å². The molecule has 3 aromatic rings. The summed E-state index contributed by atoms with van der Waals surface area (Å²) in [6.07, 6.45) is 6.07. The molecule has 166 valence electrons. The van der Waals surface area contributed by atoms with Crippen LogP contribution in [0.25, 0.3) is 0 Å². The van der Waals surface area contributed by atoms with Crippen molar-refractivity contribution in [2.45, 2.75) is 52.1 Å². The zero-order valence-corrected chi connectivity index (χ0v) is 18.5. The maximum absolute atomic E-state index is 13.3. The molecule has 0 spiro atoms. The highest BCUT2D eigenvalue weighted by Gasteiger charge is 2.28. The summed E-state index contributed by atoms with van der Waals surface area (Å²) in [7, 11) is 0. The predicted octanol–water partition coefficient (Wildman–Crippen LogP) is 5.17. The summed E-state index contributed by atoms with van der Waals surface area (Å²) >= 11 is 0. The molecule has 5 heteroatoms. The fraction of sp³-hybridized carbons (Fsp3) is 0.333. The first-order chi connectivity index (χ1) is 15.6. The van der Waals surface area contributed by atoms with Crippen molar-refractivity contribution in [3.05, 3.63) is 89.4 Å². The van der Waals surface area contributed by atoms with Crippen LogP contribution in [0.5, 0.6) is 0 Å². The van der Waals surface area contributed by atoms with Crippen LogP contribution in [-0.2, 0) is 29.1 Å². The van der Waals surface area contributed by atoms with Gasteiger partial charge >= 0.3 is 0 Å². The molecule has 0 aliphatic heterocycles. The number of furan rings is 1. The van der Waals surface area contributed by atoms with Gasteiger partial charge in [-0.3, -0.25) is 9.59 Å². The average Bonchev–Trinajstić information content (AvgIpc) is 3.51. The van der Waals surface area contributed by atoms with Crippen molar-refractivity contribution in [2.75, 3.05) is 4.90 Å². The summed E-state index contributed by atoms with van der Waals surface area (Å²) in [5, 5.41) is 2.87. The van der Waals surface area contributed by atoms with Crippen LogP contribution in [0.15, 0.2) is 71.3 Å². The van der Waals surface area contributed by atoms with Gasteiger partial charge in [0.25, 0.3) is 0 Å². The fourth-order valence-electron chi connectivity index (χ4n) is 4.32. The lowest BCUT2D eigenvalue weighted by molar-refractivity contribution is -0.122. The van der Waals surface area contributed by atoms with Crippen LogP contribution in [-0.4, -0.2) is 11.8 Å². The van der Waals surface area contributed by atoms with Crippen molar-refractivity contribution in [2.24, 2.45) is 5.92 Å². The van der Waals surface area contributed by atoms with Crippen LogP contribution in [0.1, 0.15) is 48.1 Å². The molecule has 1 heterocycles. The Hall–Kier alpha value is -3.34. The average molecular weight is 431 g/mol. The van der Waals surface area contributed by atoms with Crippen LogP contribution in [0.4, 0.5) is 5.69 Å². The molecule has 5 nitrogen and oxygen atoms in total. The van der Waals surface area contributed by atoms with Crippen LogP contribution in [0.3, 0.4) is 0 Å². The van der Waals surface area contributed by atoms with Gasteiger partial charge in [0.1, 0.15) is 5.76 Å². The third kappa shape index (κ3) is 5.67. The lowest BCUT2D eigenvalue weighted by Gasteiger charge is -2.26. The van der Waals surface area contributed by atoms with E-state index in [4.69, 9.17) is 4.42 Å². The van der Waals surface area contributed by atoms with E-state index in [9.17, 15) is 9.59 Å². The van der Waals surface area contributed by atoms with Gasteiger partial charge in [-0.25, -0.2) is 0 Å². The van der Waals surface area contributed by atoms with Crippen LogP contribution < -0.4 is 10.2 Å². The summed E-state index contributed by atoms with van der Waals surface area (Å²) in [6, 6.07) is 19.7. The van der Waals surface area contributed by atoms with E-state index in [2.05, 4.69) is 30.4 Å². The molecule has 1 aromatic heterocycles. The molecular weight excluding hydrogens is 400 g/mol. The maximum Gasteiger partial charge on any atom is 0.230 e. The number of anilines is 1. The number of rotatable bonds is 8. The van der Waals surface area contributed by atoms with Gasteiger partial charge < -0.3 is 14.6 Å². The Morgan fingerprint density at radius 1 is 1.00 bits per heavy atom. The summed E-state index contributed by atoms with van der Waals surface area (Å²) in [5.74, 6) is 0.971. The molecule has 32 heavy (non-hydrogen) atoms. The molecule has 0 atom stereocenters. The topological polar surface area (TPSA) is 62.6 Å². The molecule has 0 radical (unpaired) electrons. The van der Waals surface area contributed by atoms with Gasteiger partial charge in [-0.05, 0) is 55.2 Å². The number of nitrogens with one attached hydrogen (secondary N) is 1. The van der Waals surface area contributed by atoms with Crippen LogP contribution >= 0.6 is 0 Å². The summed E-state index contributed by atoms with van der Waals surface area (Å²) in [5.41, 5.74) is 4.10. The van der Waals surface area contributed by atoms with Gasteiger partial charge in [-0.15, -0.1) is 0 Å². The number of carbonyl (C=O) groups is 2. The Balaban J connectivity index is 1.45. The number of aryl methyl sites for hydroxylation is 1. The molecule has 0 bridgehead atoms. The molecule has 1 saturated carbocycles. The van der Waals surface area contributed by atoms with E-state index >= 15 is 0 Å². The van der Waals surface area contributed by atoms with Crippen molar-refractivity contribution in [1.82, 2.24) is 5.32 Å². The Labute approximate surface area is 189 Å². The number of benzene rings is 2. The molecule has 4 rings (SSSR count). The molecule has 0 saturated heterocycles. The van der Waals surface area contributed by atoms with Crippen molar-refractivity contribution < 1.29 is 14.0 Å². The number of carbonyl (C=O) groups excluding carboxylic acids is 2. The predicted molar refractivity (Wildman–Crippen MR) is 125 cm³/mol. The molecule has 1 N–H and O–H groups in total. The van der Waals surface area contributed by atoms with Crippen molar-refractivity contribution in [1.29, 1.82) is 0 Å². The third-order valence-corrected chi connectivity index (χ3v) is 6.05. The minimum absolute atomic E-state index is 0.0622. The van der Waals surface area contributed by atoms with E-state index in [1.54, 1.807) is 12.3 Å². The van der Waals surface area contributed by atoms with Gasteiger partial charge in [0.15, 0.2) is 0 Å². The minimum Gasteiger partial charge on any atom is -0.467 e. The first-order valence-corrected chi connectivity index (χ1v) is 11.3. The zero-order chi connectivity index (χ0) is 22.3. The van der Waals surface area contributed by atoms with Gasteiger partial charge in [0.05, 0.1) is 25.8 Å². The summed E-state index contributed by atoms with van der Waals surface area (Å²) in [4.78, 5) is 27.5. The minimum atomic E-state index is -0.0622. The van der Waals surface area contributed by atoms with E-state index in [-0.39, 0.29) is 24.2 Å². The van der Waals surface area contributed by atoms with Gasteiger partial charge in [0.2, 0.25) is 11.8 Å². The van der Waals surface area contributed by atoms with E-state index < -0.39 is 0 Å². The Morgan fingerprint density at radius 2 is 1.78 bits per heavy atom. The third-order valence-electron chi connectivity index (χ3n) is 6.05. The summed E-state index contributed by atoms with van der Waals surface area (Å²) < 4.78 is 5.24. The largest absolute Gasteiger partial charge is 0.467 e. The lowest BCUT2D eigenvalue weighted by atomic mass is 10.0. The second kappa shape index (κ2) is 10.3. The Kier molecular flexibility index (Phi) is 7.05. The molecule has 1 aliphatic carbocycles. The lowest BCUT2D eigenvalue weighted by Crippen LogP contribution is -2.35. The number of amides is 2. The Bertz CT molecular complexity index is 1040. The number of hydrogen-bond acceptors (Lipinski definition) is 3. The van der Waals surface area contributed by atoms with E-state index in [1.165, 1.54) is 5.56 Å². The SMILES string of the molecule is Cc1cccc(CN(C(=O)C2CCCC2)c2ccc(CC(=O)NCc3ccco3)cc2)c1. The van der Waals surface area contributed by atoms with Gasteiger partial charge in [0, 0.05) is 11.6 Å². The standard InChI is InChI=1S/C27H30N2O3/c1-20-6-4-7-22(16-20)19-29(27(31)23-8-2-3-9-23)24-13-11-21(12-14-24)17-26(30)28-18-25-10-5-15-32-25/h4-7,10-16,23H,2-3,8-9,17-19H2,1H3,(H,28,30). The highest BCUT2D eigenvalue weighted by atomic mass is 16.3. The molecular formula is C27H30N2O3. The highest BCUT2D eigenvalue weighted by molar-refractivity contribution is 5.95. The molecule has 2 amide bonds. The quantitative estimate of drug-likeness (QED) is 0.536. The van der Waals surface area contributed by atoms with Gasteiger partial charge in [-0.2, -0.15) is 0 Å². The monoisotopic (exact) mass is 430 g/mol. The number of hydrogen-bond donors (Lipinski definition) is 1. The maximum atomic E-state index is 13.3. The number of nitrogens with zero attached hydrogens (tertiary/aromatic N) is 1. The molecule has 2 aromatic carbocycles. The van der Waals surface area contributed by atoms with Gasteiger partial charge in [-0.1, -0.05) is 54.8 Å². The Morgan fingerprint density at radius 3 is 2.47 bits per heavy atom. The highest BCUT2D eigenvalue weighted by Crippen LogP contribution is 2.30. The van der Waals surface area contributed by atoms with Crippen LogP contribution in [0, 0.1) is 12.8 Å². The summed E-state index contributed by atoms with van der Waals surface area (Å²) in [6.45, 7) is 3.00. The van der Waals surface area contributed by atoms with Crippen molar-refractivity contribution in [3.63, 3.8) is 0 Å². The molecule has 1 aliphatic rings. The van der Waals surface area contributed by atoms with Crippen molar-refractivity contribution in [3.8, 4) is 0 Å². The molecule has 1 fully saturated rings. The normalized spacial score (nSPS) is 13.8.